The van der Waals surface area contributed by atoms with Crippen molar-refractivity contribution in [3.05, 3.63) is 0 Å². The van der Waals surface area contributed by atoms with Gasteiger partial charge in [0.15, 0.2) is 0 Å². The third-order valence-corrected chi connectivity index (χ3v) is 3.98. The summed E-state index contributed by atoms with van der Waals surface area (Å²) in [7, 11) is 0. The van der Waals surface area contributed by atoms with Crippen molar-refractivity contribution in [3.8, 4) is 0 Å². The molecule has 0 aromatic rings. The molecular formula is C14H27N3O3. The van der Waals surface area contributed by atoms with E-state index in [1.807, 2.05) is 11.8 Å². The van der Waals surface area contributed by atoms with Crippen molar-refractivity contribution in [1.29, 1.82) is 0 Å². The first kappa shape index (κ1) is 15.5. The van der Waals surface area contributed by atoms with Crippen molar-refractivity contribution in [3.63, 3.8) is 0 Å². The molecule has 0 radical (unpaired) electrons. The molecule has 2 heterocycles. The maximum atomic E-state index is 12.2. The van der Waals surface area contributed by atoms with Gasteiger partial charge >= 0.3 is 6.03 Å². The lowest BCUT2D eigenvalue weighted by molar-refractivity contribution is 0.0227. The minimum Gasteiger partial charge on any atom is -0.381 e. The lowest BCUT2D eigenvalue weighted by Gasteiger charge is -2.36. The molecule has 0 spiro atoms. The highest BCUT2D eigenvalue weighted by Crippen LogP contribution is 2.14. The van der Waals surface area contributed by atoms with Crippen LogP contribution in [0, 0.1) is 0 Å². The number of urea groups is 1. The van der Waals surface area contributed by atoms with Gasteiger partial charge in [-0.1, -0.05) is 0 Å². The highest BCUT2D eigenvalue weighted by Gasteiger charge is 2.26. The summed E-state index contributed by atoms with van der Waals surface area (Å²) < 4.78 is 10.8. The number of carbonyl (C=O) groups excluding carboxylic acids is 1. The van der Waals surface area contributed by atoms with E-state index in [-0.39, 0.29) is 6.03 Å². The summed E-state index contributed by atoms with van der Waals surface area (Å²) in [6, 6.07) is 0.379. The van der Waals surface area contributed by atoms with Gasteiger partial charge in [-0.3, -0.25) is 4.90 Å². The average Bonchev–Trinajstić information content (AvgIpc) is 2.50. The molecule has 0 unspecified atom stereocenters. The molecule has 0 aliphatic carbocycles. The molecule has 2 amide bonds. The van der Waals surface area contributed by atoms with Crippen molar-refractivity contribution >= 4 is 6.03 Å². The highest BCUT2D eigenvalue weighted by atomic mass is 16.5. The first-order valence-corrected chi connectivity index (χ1v) is 7.73. The Bertz CT molecular complexity index is 289. The molecule has 116 valence electrons. The molecule has 2 aliphatic rings. The number of hydrogen-bond donors (Lipinski definition) is 1. The van der Waals surface area contributed by atoms with Gasteiger partial charge in [0.1, 0.15) is 0 Å². The summed E-state index contributed by atoms with van der Waals surface area (Å²) in [6.45, 7) is 9.42. The third kappa shape index (κ3) is 4.61. The Morgan fingerprint density at radius 3 is 2.50 bits per heavy atom. The zero-order chi connectivity index (χ0) is 14.2. The van der Waals surface area contributed by atoms with E-state index < -0.39 is 0 Å². The number of amides is 2. The molecular weight excluding hydrogens is 258 g/mol. The minimum atomic E-state index is 0.0626. The van der Waals surface area contributed by atoms with Crippen LogP contribution >= 0.6 is 0 Å². The van der Waals surface area contributed by atoms with E-state index in [1.165, 1.54) is 0 Å². The molecule has 2 saturated heterocycles. The second-order valence-electron chi connectivity index (χ2n) is 5.33. The van der Waals surface area contributed by atoms with Crippen molar-refractivity contribution < 1.29 is 14.3 Å². The van der Waals surface area contributed by atoms with Gasteiger partial charge in [0.25, 0.3) is 0 Å². The fourth-order valence-electron chi connectivity index (χ4n) is 2.77. The first-order valence-electron chi connectivity index (χ1n) is 7.73. The number of nitrogens with one attached hydrogen (secondary N) is 1. The summed E-state index contributed by atoms with van der Waals surface area (Å²) >= 11 is 0. The zero-order valence-electron chi connectivity index (χ0n) is 12.5. The molecule has 1 N–H and O–H groups in total. The number of hydrogen-bond acceptors (Lipinski definition) is 4. The van der Waals surface area contributed by atoms with Crippen LogP contribution < -0.4 is 5.32 Å². The largest absolute Gasteiger partial charge is 0.381 e. The predicted molar refractivity (Wildman–Crippen MR) is 76.9 cm³/mol. The van der Waals surface area contributed by atoms with E-state index in [0.29, 0.717) is 12.6 Å². The van der Waals surface area contributed by atoms with Crippen LogP contribution in [0.25, 0.3) is 0 Å². The van der Waals surface area contributed by atoms with Crippen LogP contribution in [-0.2, 0) is 9.47 Å². The van der Waals surface area contributed by atoms with Crippen molar-refractivity contribution in [1.82, 2.24) is 15.1 Å². The number of rotatable bonds is 5. The molecule has 2 rings (SSSR count). The molecule has 2 fully saturated rings. The molecule has 0 bridgehead atoms. The Kier molecular flexibility index (Phi) is 6.56. The Balaban J connectivity index is 1.85. The van der Waals surface area contributed by atoms with E-state index in [4.69, 9.17) is 9.47 Å². The molecule has 0 aromatic carbocycles. The van der Waals surface area contributed by atoms with Gasteiger partial charge in [-0.2, -0.15) is 0 Å². The third-order valence-electron chi connectivity index (χ3n) is 3.98. The van der Waals surface area contributed by atoms with Crippen LogP contribution in [-0.4, -0.2) is 81.0 Å². The number of morpholine rings is 1. The lowest BCUT2D eigenvalue weighted by atomic mass is 10.1. The Labute approximate surface area is 121 Å². The van der Waals surface area contributed by atoms with Crippen molar-refractivity contribution in [2.75, 3.05) is 59.2 Å². The van der Waals surface area contributed by atoms with Gasteiger partial charge in [-0.25, -0.2) is 4.79 Å². The second-order valence-corrected chi connectivity index (χ2v) is 5.33. The van der Waals surface area contributed by atoms with Gasteiger partial charge < -0.3 is 19.7 Å². The SMILES string of the molecule is CCNC(=O)N(CCN1CCOCC1)C1CCOCC1. The zero-order valence-corrected chi connectivity index (χ0v) is 12.5. The summed E-state index contributed by atoms with van der Waals surface area (Å²) in [6.07, 6.45) is 1.89. The normalized spacial score (nSPS) is 21.6. The summed E-state index contributed by atoms with van der Waals surface area (Å²) in [4.78, 5) is 16.6. The molecule has 2 aliphatic heterocycles. The van der Waals surface area contributed by atoms with E-state index in [2.05, 4.69) is 10.2 Å². The van der Waals surface area contributed by atoms with E-state index in [1.54, 1.807) is 0 Å². The Morgan fingerprint density at radius 2 is 1.85 bits per heavy atom. The first-order chi connectivity index (χ1) is 9.81. The minimum absolute atomic E-state index is 0.0626. The smallest absolute Gasteiger partial charge is 0.317 e. The van der Waals surface area contributed by atoms with E-state index in [9.17, 15) is 4.79 Å². The standard InChI is InChI=1S/C14H27N3O3/c1-2-15-14(18)17(13-3-9-19-10-4-13)6-5-16-7-11-20-12-8-16/h13H,2-12H2,1H3,(H,15,18). The van der Waals surface area contributed by atoms with Crippen LogP contribution in [0.2, 0.25) is 0 Å². The monoisotopic (exact) mass is 285 g/mol. The van der Waals surface area contributed by atoms with E-state index in [0.717, 1.165) is 65.4 Å². The van der Waals surface area contributed by atoms with Gasteiger partial charge in [0.2, 0.25) is 0 Å². The fraction of sp³-hybridized carbons (Fsp3) is 0.929. The maximum absolute atomic E-state index is 12.2. The molecule has 20 heavy (non-hydrogen) atoms. The van der Waals surface area contributed by atoms with Crippen molar-refractivity contribution in [2.45, 2.75) is 25.8 Å². The molecule has 0 saturated carbocycles. The van der Waals surface area contributed by atoms with Crippen LogP contribution in [0.3, 0.4) is 0 Å². The fourth-order valence-corrected chi connectivity index (χ4v) is 2.77. The summed E-state index contributed by atoms with van der Waals surface area (Å²) in [5.74, 6) is 0. The van der Waals surface area contributed by atoms with Crippen LogP contribution in [0.5, 0.6) is 0 Å². The Hall–Kier alpha value is -0.850. The lowest BCUT2D eigenvalue weighted by Crippen LogP contribution is -2.51. The topological polar surface area (TPSA) is 54.0 Å². The predicted octanol–water partition coefficient (Wildman–Crippen LogP) is 0.529. The van der Waals surface area contributed by atoms with E-state index >= 15 is 0 Å². The van der Waals surface area contributed by atoms with Gasteiger partial charge in [-0.15, -0.1) is 0 Å². The van der Waals surface area contributed by atoms with Crippen LogP contribution in [0.1, 0.15) is 19.8 Å². The summed E-state index contributed by atoms with van der Waals surface area (Å²) in [5, 5.41) is 2.93. The average molecular weight is 285 g/mol. The van der Waals surface area contributed by atoms with Crippen molar-refractivity contribution in [2.24, 2.45) is 0 Å². The number of ether oxygens (including phenoxy) is 2. The highest BCUT2D eigenvalue weighted by molar-refractivity contribution is 5.74. The van der Waals surface area contributed by atoms with Gasteiger partial charge in [0.05, 0.1) is 13.2 Å². The van der Waals surface area contributed by atoms with Crippen LogP contribution in [0.4, 0.5) is 4.79 Å². The van der Waals surface area contributed by atoms with Gasteiger partial charge in [-0.05, 0) is 19.8 Å². The molecule has 0 aromatic heterocycles. The second kappa shape index (κ2) is 8.44. The number of carbonyl (C=O) groups is 1. The van der Waals surface area contributed by atoms with Crippen LogP contribution in [0.15, 0.2) is 0 Å². The molecule has 6 heteroatoms. The quantitative estimate of drug-likeness (QED) is 0.800. The molecule has 0 atom stereocenters. The number of nitrogens with zero attached hydrogens (tertiary/aromatic N) is 2. The maximum Gasteiger partial charge on any atom is 0.317 e. The Morgan fingerprint density at radius 1 is 1.20 bits per heavy atom. The molecule has 6 nitrogen and oxygen atoms in total. The summed E-state index contributed by atoms with van der Waals surface area (Å²) in [5.41, 5.74) is 0. The van der Waals surface area contributed by atoms with Gasteiger partial charge in [0, 0.05) is 52.0 Å².